The molecule has 0 aromatic heterocycles. The Balaban J connectivity index is 2.26. The molecule has 1 aliphatic rings. The lowest BCUT2D eigenvalue weighted by Gasteiger charge is -2.34. The van der Waals surface area contributed by atoms with Crippen molar-refractivity contribution in [1.29, 1.82) is 0 Å². The number of allylic oxidation sites excluding steroid dienone is 1. The standard InChI is InChI=1S/C15H18O3/c1-12(16)18-11-14-9-5-6-10-15(14,17)13-7-3-2-4-8-13/h2-4,7-9,17H,5-6,10-11H2,1H3. The topological polar surface area (TPSA) is 46.5 Å². The lowest BCUT2D eigenvalue weighted by atomic mass is 9.78. The molecule has 1 N–H and O–H groups in total. The molecule has 1 aromatic carbocycles. The first-order chi connectivity index (χ1) is 8.63. The monoisotopic (exact) mass is 246 g/mol. The summed E-state index contributed by atoms with van der Waals surface area (Å²) in [6.45, 7) is 1.55. The number of ether oxygens (including phenoxy) is 1. The highest BCUT2D eigenvalue weighted by Crippen LogP contribution is 2.38. The van der Waals surface area contributed by atoms with Gasteiger partial charge in [0.15, 0.2) is 0 Å². The van der Waals surface area contributed by atoms with E-state index in [0.717, 1.165) is 24.0 Å². The Labute approximate surface area is 107 Å². The first-order valence-electron chi connectivity index (χ1n) is 6.24. The van der Waals surface area contributed by atoms with Crippen LogP contribution in [0.1, 0.15) is 31.7 Å². The van der Waals surface area contributed by atoms with Gasteiger partial charge in [-0.1, -0.05) is 36.4 Å². The summed E-state index contributed by atoms with van der Waals surface area (Å²) < 4.78 is 5.03. The highest BCUT2D eigenvalue weighted by molar-refractivity contribution is 5.66. The summed E-state index contributed by atoms with van der Waals surface area (Å²) in [6, 6.07) is 9.56. The van der Waals surface area contributed by atoms with Crippen molar-refractivity contribution in [2.24, 2.45) is 0 Å². The zero-order valence-corrected chi connectivity index (χ0v) is 10.6. The average Bonchev–Trinajstić information content (AvgIpc) is 2.39. The molecule has 1 aliphatic carbocycles. The Morgan fingerprint density at radius 3 is 2.78 bits per heavy atom. The van der Waals surface area contributed by atoms with Gasteiger partial charge in [-0.2, -0.15) is 0 Å². The first-order valence-corrected chi connectivity index (χ1v) is 6.24. The molecule has 96 valence electrons. The molecule has 0 heterocycles. The van der Waals surface area contributed by atoms with Gasteiger partial charge in [0.2, 0.25) is 0 Å². The van der Waals surface area contributed by atoms with Crippen LogP contribution in [0.25, 0.3) is 0 Å². The molecular weight excluding hydrogens is 228 g/mol. The highest BCUT2D eigenvalue weighted by Gasteiger charge is 2.35. The van der Waals surface area contributed by atoms with Crippen molar-refractivity contribution in [3.63, 3.8) is 0 Å². The number of hydrogen-bond acceptors (Lipinski definition) is 3. The quantitative estimate of drug-likeness (QED) is 0.658. The molecule has 0 saturated carbocycles. The van der Waals surface area contributed by atoms with Gasteiger partial charge >= 0.3 is 5.97 Å². The van der Waals surface area contributed by atoms with Crippen molar-refractivity contribution < 1.29 is 14.6 Å². The molecular formula is C15H18O3. The van der Waals surface area contributed by atoms with Crippen LogP contribution in [-0.4, -0.2) is 17.7 Å². The lowest BCUT2D eigenvalue weighted by Crippen LogP contribution is -2.33. The molecule has 0 saturated heterocycles. The number of carbonyl (C=O) groups excluding carboxylic acids is 1. The van der Waals surface area contributed by atoms with E-state index in [1.54, 1.807) is 0 Å². The predicted molar refractivity (Wildman–Crippen MR) is 68.9 cm³/mol. The highest BCUT2D eigenvalue weighted by atomic mass is 16.5. The van der Waals surface area contributed by atoms with Crippen LogP contribution in [-0.2, 0) is 15.1 Å². The molecule has 0 bridgehead atoms. The van der Waals surface area contributed by atoms with Crippen LogP contribution in [0.5, 0.6) is 0 Å². The zero-order chi connectivity index (χ0) is 13.0. The van der Waals surface area contributed by atoms with Crippen LogP contribution >= 0.6 is 0 Å². The fraction of sp³-hybridized carbons (Fsp3) is 0.400. The molecule has 0 amide bonds. The van der Waals surface area contributed by atoms with E-state index in [4.69, 9.17) is 4.74 Å². The van der Waals surface area contributed by atoms with Gasteiger partial charge in [0.1, 0.15) is 12.2 Å². The van der Waals surface area contributed by atoms with Crippen molar-refractivity contribution in [3.05, 3.63) is 47.5 Å². The first kappa shape index (κ1) is 12.8. The van der Waals surface area contributed by atoms with E-state index in [2.05, 4.69) is 0 Å². The fourth-order valence-corrected chi connectivity index (χ4v) is 2.36. The normalized spacial score (nSPS) is 23.3. The van der Waals surface area contributed by atoms with Crippen molar-refractivity contribution in [3.8, 4) is 0 Å². The Bertz CT molecular complexity index is 450. The predicted octanol–water partition coefficient (Wildman–Crippen LogP) is 2.55. The third-order valence-electron chi connectivity index (χ3n) is 3.35. The minimum atomic E-state index is -0.991. The number of carbonyl (C=O) groups is 1. The summed E-state index contributed by atoms with van der Waals surface area (Å²) in [5.74, 6) is -0.322. The van der Waals surface area contributed by atoms with E-state index in [1.807, 2.05) is 36.4 Å². The van der Waals surface area contributed by atoms with Crippen LogP contribution in [0.15, 0.2) is 42.0 Å². The fourth-order valence-electron chi connectivity index (χ4n) is 2.36. The second kappa shape index (κ2) is 5.36. The lowest BCUT2D eigenvalue weighted by molar-refractivity contribution is -0.140. The Kier molecular flexibility index (Phi) is 3.82. The van der Waals surface area contributed by atoms with E-state index in [0.29, 0.717) is 6.42 Å². The SMILES string of the molecule is CC(=O)OCC1=CCCCC1(O)c1ccccc1. The molecule has 18 heavy (non-hydrogen) atoms. The van der Waals surface area contributed by atoms with Crippen LogP contribution in [0, 0.1) is 0 Å². The third-order valence-corrected chi connectivity index (χ3v) is 3.35. The van der Waals surface area contributed by atoms with Crippen LogP contribution in [0.2, 0.25) is 0 Å². The van der Waals surface area contributed by atoms with Crippen molar-refractivity contribution in [2.75, 3.05) is 6.61 Å². The molecule has 1 unspecified atom stereocenters. The molecule has 2 rings (SSSR count). The number of benzene rings is 1. The molecule has 0 spiro atoms. The van der Waals surface area contributed by atoms with Gasteiger partial charge in [0.05, 0.1) is 0 Å². The van der Waals surface area contributed by atoms with Gasteiger partial charge in [-0.3, -0.25) is 4.79 Å². The van der Waals surface area contributed by atoms with Crippen molar-refractivity contribution in [2.45, 2.75) is 31.8 Å². The van der Waals surface area contributed by atoms with Gasteiger partial charge in [-0.15, -0.1) is 0 Å². The minimum absolute atomic E-state index is 0.167. The number of aliphatic hydroxyl groups is 1. The summed E-state index contributed by atoms with van der Waals surface area (Å²) in [6.07, 6.45) is 4.52. The Morgan fingerprint density at radius 2 is 2.11 bits per heavy atom. The molecule has 1 atom stereocenters. The maximum Gasteiger partial charge on any atom is 0.302 e. The second-order valence-corrected chi connectivity index (χ2v) is 4.63. The van der Waals surface area contributed by atoms with Gasteiger partial charge < -0.3 is 9.84 Å². The third kappa shape index (κ3) is 2.62. The summed E-state index contributed by atoms with van der Waals surface area (Å²) in [5, 5.41) is 10.9. The van der Waals surface area contributed by atoms with Crippen molar-refractivity contribution >= 4 is 5.97 Å². The summed E-state index contributed by atoms with van der Waals surface area (Å²) in [7, 11) is 0. The van der Waals surface area contributed by atoms with E-state index < -0.39 is 5.60 Å². The molecule has 0 radical (unpaired) electrons. The van der Waals surface area contributed by atoms with Gasteiger partial charge in [0.25, 0.3) is 0 Å². The average molecular weight is 246 g/mol. The zero-order valence-electron chi connectivity index (χ0n) is 10.6. The largest absolute Gasteiger partial charge is 0.461 e. The van der Waals surface area contributed by atoms with E-state index in [9.17, 15) is 9.90 Å². The Morgan fingerprint density at radius 1 is 1.39 bits per heavy atom. The number of esters is 1. The maximum atomic E-state index is 10.9. The minimum Gasteiger partial charge on any atom is -0.461 e. The molecule has 3 nitrogen and oxygen atoms in total. The van der Waals surface area contributed by atoms with Crippen molar-refractivity contribution in [1.82, 2.24) is 0 Å². The van der Waals surface area contributed by atoms with E-state index >= 15 is 0 Å². The molecule has 3 heteroatoms. The van der Waals surface area contributed by atoms with Crippen LogP contribution < -0.4 is 0 Å². The summed E-state index contributed by atoms with van der Waals surface area (Å²) in [4.78, 5) is 10.9. The smallest absolute Gasteiger partial charge is 0.302 e. The Hall–Kier alpha value is -1.61. The summed E-state index contributed by atoms with van der Waals surface area (Å²) >= 11 is 0. The van der Waals surface area contributed by atoms with Crippen LogP contribution in [0.3, 0.4) is 0 Å². The van der Waals surface area contributed by atoms with E-state index in [-0.39, 0.29) is 12.6 Å². The van der Waals surface area contributed by atoms with Gasteiger partial charge in [-0.25, -0.2) is 0 Å². The molecule has 0 fully saturated rings. The maximum absolute atomic E-state index is 10.9. The van der Waals surface area contributed by atoms with Gasteiger partial charge in [-0.05, 0) is 30.4 Å². The summed E-state index contributed by atoms with van der Waals surface area (Å²) in [5.41, 5.74) is 0.660. The number of hydrogen-bond donors (Lipinski definition) is 1. The second-order valence-electron chi connectivity index (χ2n) is 4.63. The molecule has 1 aromatic rings. The van der Waals surface area contributed by atoms with E-state index in [1.165, 1.54) is 6.92 Å². The van der Waals surface area contributed by atoms with Gasteiger partial charge in [0, 0.05) is 6.92 Å². The van der Waals surface area contributed by atoms with Crippen LogP contribution in [0.4, 0.5) is 0 Å². The molecule has 0 aliphatic heterocycles. The number of rotatable bonds is 3.